The van der Waals surface area contributed by atoms with E-state index in [-0.39, 0.29) is 5.41 Å². The number of carbonyl (C=O) groups is 1. The molecule has 1 fully saturated rings. The number of hydrogen-bond acceptors (Lipinski definition) is 1. The second-order valence-electron chi connectivity index (χ2n) is 10.1. The van der Waals surface area contributed by atoms with Crippen molar-refractivity contribution < 1.29 is 4.79 Å². The fourth-order valence-electron chi connectivity index (χ4n) is 5.33. The Morgan fingerprint density at radius 2 is 1.66 bits per heavy atom. The summed E-state index contributed by atoms with van der Waals surface area (Å²) in [7, 11) is 0. The summed E-state index contributed by atoms with van der Waals surface area (Å²) in [4.78, 5) is 12.9. The SMILES string of the molecule is C=C(C)C1CCC2=C([Se]CCCCCCCCCCCC)C(=O)CC(C)C2(C)C1. The third-order valence-corrected chi connectivity index (χ3v) is 10.3. The molecule has 29 heavy (non-hydrogen) atoms. The fraction of sp³-hybridized carbons (Fsp3) is 0.815. The molecule has 3 atom stereocenters. The number of allylic oxidation sites excluding steroid dienone is 3. The molecule has 0 bridgehead atoms. The van der Waals surface area contributed by atoms with Crippen LogP contribution in [0, 0.1) is 17.3 Å². The van der Waals surface area contributed by atoms with Crippen molar-refractivity contribution in [1.82, 2.24) is 0 Å². The molecule has 0 aromatic rings. The van der Waals surface area contributed by atoms with E-state index in [1.807, 2.05) is 0 Å². The van der Waals surface area contributed by atoms with E-state index >= 15 is 0 Å². The summed E-state index contributed by atoms with van der Waals surface area (Å²) in [5.74, 6) is 1.63. The topological polar surface area (TPSA) is 17.1 Å². The van der Waals surface area contributed by atoms with Crippen LogP contribution < -0.4 is 0 Å². The summed E-state index contributed by atoms with van der Waals surface area (Å²) in [5.41, 5.74) is 3.14. The molecule has 1 nitrogen and oxygen atoms in total. The summed E-state index contributed by atoms with van der Waals surface area (Å²) >= 11 is 0.393. The van der Waals surface area contributed by atoms with Crippen molar-refractivity contribution in [2.75, 3.05) is 0 Å². The molecule has 0 aromatic carbocycles. The summed E-state index contributed by atoms with van der Waals surface area (Å²) in [5, 5.41) is 1.27. The first-order valence-electron chi connectivity index (χ1n) is 12.4. The maximum absolute atomic E-state index is 12.9. The number of rotatable bonds is 13. The van der Waals surface area contributed by atoms with Gasteiger partial charge in [0.1, 0.15) is 0 Å². The Kier molecular flexibility index (Phi) is 10.8. The molecule has 0 amide bonds. The predicted octanol–water partition coefficient (Wildman–Crippen LogP) is 8.28. The second-order valence-corrected chi connectivity index (χ2v) is 12.4. The Morgan fingerprint density at radius 1 is 1.07 bits per heavy atom. The summed E-state index contributed by atoms with van der Waals surface area (Å²) < 4.78 is 1.30. The fourth-order valence-corrected chi connectivity index (χ4v) is 8.07. The molecule has 0 aliphatic heterocycles. The first kappa shape index (κ1) is 24.9. The summed E-state index contributed by atoms with van der Waals surface area (Å²) in [6, 6.07) is 0. The van der Waals surface area contributed by atoms with Crippen LogP contribution in [0.2, 0.25) is 5.32 Å². The van der Waals surface area contributed by atoms with Crippen LogP contribution in [0.3, 0.4) is 0 Å². The van der Waals surface area contributed by atoms with Gasteiger partial charge in [-0.05, 0) is 0 Å². The van der Waals surface area contributed by atoms with Crippen molar-refractivity contribution in [1.29, 1.82) is 0 Å². The Morgan fingerprint density at radius 3 is 2.24 bits per heavy atom. The van der Waals surface area contributed by atoms with Gasteiger partial charge in [0.15, 0.2) is 0 Å². The van der Waals surface area contributed by atoms with E-state index in [4.69, 9.17) is 0 Å². The van der Waals surface area contributed by atoms with Crippen molar-refractivity contribution in [3.05, 3.63) is 22.2 Å². The molecule has 0 aromatic heterocycles. The monoisotopic (exact) mass is 466 g/mol. The summed E-state index contributed by atoms with van der Waals surface area (Å²) in [6.07, 6.45) is 18.3. The van der Waals surface area contributed by atoms with Crippen LogP contribution in [-0.4, -0.2) is 20.7 Å². The van der Waals surface area contributed by atoms with Gasteiger partial charge in [-0.2, -0.15) is 0 Å². The third-order valence-electron chi connectivity index (χ3n) is 7.65. The molecule has 0 radical (unpaired) electrons. The zero-order valence-corrected chi connectivity index (χ0v) is 21.5. The Balaban J connectivity index is 1.76. The minimum absolute atomic E-state index is 0.241. The molecule has 0 N–H and O–H groups in total. The van der Waals surface area contributed by atoms with Crippen molar-refractivity contribution >= 4 is 20.7 Å². The normalized spacial score (nSPS) is 27.2. The van der Waals surface area contributed by atoms with Gasteiger partial charge >= 0.3 is 188 Å². The zero-order valence-electron chi connectivity index (χ0n) is 19.8. The van der Waals surface area contributed by atoms with Crippen molar-refractivity contribution in [3.8, 4) is 0 Å². The molecule has 2 heteroatoms. The first-order chi connectivity index (χ1) is 13.9. The minimum atomic E-state index is 0.241. The van der Waals surface area contributed by atoms with Gasteiger partial charge in [-0.15, -0.1) is 0 Å². The van der Waals surface area contributed by atoms with Crippen LogP contribution in [0.15, 0.2) is 22.2 Å². The van der Waals surface area contributed by atoms with Crippen LogP contribution >= 0.6 is 0 Å². The third kappa shape index (κ3) is 7.10. The van der Waals surface area contributed by atoms with E-state index in [2.05, 4.69) is 34.3 Å². The van der Waals surface area contributed by atoms with Crippen LogP contribution in [0.5, 0.6) is 0 Å². The van der Waals surface area contributed by atoms with Gasteiger partial charge in [0, 0.05) is 0 Å². The van der Waals surface area contributed by atoms with Gasteiger partial charge in [0.05, 0.1) is 0 Å². The van der Waals surface area contributed by atoms with Crippen LogP contribution in [-0.2, 0) is 4.79 Å². The molecular formula is C27H46OSe. The van der Waals surface area contributed by atoms with E-state index < -0.39 is 0 Å². The van der Waals surface area contributed by atoms with Gasteiger partial charge in [0.2, 0.25) is 0 Å². The molecule has 0 spiro atoms. The number of ketones is 1. The number of hydrogen-bond donors (Lipinski definition) is 0. The van der Waals surface area contributed by atoms with Crippen LogP contribution in [0.25, 0.3) is 0 Å². The number of unbranched alkanes of at least 4 members (excludes halogenated alkanes) is 9. The molecule has 0 saturated heterocycles. The van der Waals surface area contributed by atoms with Gasteiger partial charge in [-0.3, -0.25) is 0 Å². The van der Waals surface area contributed by atoms with Gasteiger partial charge < -0.3 is 0 Å². The first-order valence-corrected chi connectivity index (χ1v) is 14.5. The molecule has 2 rings (SSSR count). The summed E-state index contributed by atoms with van der Waals surface area (Å²) in [6.45, 7) is 13.5. The Hall–Kier alpha value is -0.331. The average molecular weight is 466 g/mol. The quantitative estimate of drug-likeness (QED) is 0.152. The van der Waals surface area contributed by atoms with Gasteiger partial charge in [-0.1, -0.05) is 0 Å². The average Bonchev–Trinajstić information content (AvgIpc) is 2.68. The maximum atomic E-state index is 12.9. The van der Waals surface area contributed by atoms with Crippen molar-refractivity contribution in [3.63, 3.8) is 0 Å². The Labute approximate surface area is 187 Å². The molecule has 0 heterocycles. The zero-order chi connectivity index (χ0) is 21.3. The molecule has 2 aliphatic carbocycles. The van der Waals surface area contributed by atoms with E-state index in [0.29, 0.717) is 32.6 Å². The molecule has 2 aliphatic rings. The second kappa shape index (κ2) is 12.5. The molecule has 166 valence electrons. The van der Waals surface area contributed by atoms with Crippen LogP contribution in [0.1, 0.15) is 118 Å². The van der Waals surface area contributed by atoms with Crippen molar-refractivity contribution in [2.45, 2.75) is 123 Å². The van der Waals surface area contributed by atoms with E-state index in [1.165, 1.54) is 92.4 Å². The standard InChI is InChI=1S/C27H46OSe/c1-6-7-8-9-10-11-12-13-14-15-18-29-26-24-17-16-23(21(2)3)20-27(24,5)22(4)19-25(26)28/h22-23H,2,6-20H2,1,3-5H3. The molecular weight excluding hydrogens is 419 g/mol. The van der Waals surface area contributed by atoms with Gasteiger partial charge in [0.25, 0.3) is 0 Å². The molecule has 3 unspecified atom stereocenters. The Bertz CT molecular complexity index is 575. The van der Waals surface area contributed by atoms with Crippen LogP contribution in [0.4, 0.5) is 0 Å². The van der Waals surface area contributed by atoms with E-state index in [1.54, 1.807) is 5.57 Å². The van der Waals surface area contributed by atoms with Gasteiger partial charge in [-0.25, -0.2) is 0 Å². The van der Waals surface area contributed by atoms with E-state index in [0.717, 1.165) is 12.8 Å². The number of Topliss-reactive ketones (excluding diaryl/α,β-unsaturated/α-hetero) is 1. The number of carbonyl (C=O) groups excluding carboxylic acids is 1. The van der Waals surface area contributed by atoms with Crippen molar-refractivity contribution in [2.24, 2.45) is 17.3 Å². The number of fused-ring (bicyclic) bond motifs is 1. The molecule has 1 saturated carbocycles. The predicted molar refractivity (Wildman–Crippen MR) is 128 cm³/mol. The van der Waals surface area contributed by atoms with E-state index in [9.17, 15) is 4.79 Å².